The second-order valence-electron chi connectivity index (χ2n) is 4.11. The highest BCUT2D eigenvalue weighted by Gasteiger charge is 2.29. The summed E-state index contributed by atoms with van der Waals surface area (Å²) < 4.78 is 5.24. The maximum atomic E-state index is 5.24. The van der Waals surface area contributed by atoms with Crippen molar-refractivity contribution in [1.29, 1.82) is 0 Å². The average molecular weight is 222 g/mol. The Bertz CT molecular complexity index is 363. The number of hydrogen-bond acceptors (Lipinski definition) is 5. The lowest BCUT2D eigenvalue weighted by Gasteiger charge is -2.34. The molecule has 0 atom stereocenters. The van der Waals surface area contributed by atoms with E-state index in [-0.39, 0.29) is 0 Å². The molecule has 5 heteroatoms. The van der Waals surface area contributed by atoms with Gasteiger partial charge in [0.25, 0.3) is 0 Å². The van der Waals surface area contributed by atoms with Crippen LogP contribution in [0.25, 0.3) is 0 Å². The molecule has 1 aromatic heterocycles. The fourth-order valence-corrected chi connectivity index (χ4v) is 1.85. The highest BCUT2D eigenvalue weighted by atomic mass is 16.5. The van der Waals surface area contributed by atoms with Crippen LogP contribution in [0.4, 0.5) is 11.6 Å². The summed E-state index contributed by atoms with van der Waals surface area (Å²) in [5.41, 5.74) is 0. The Kier molecular flexibility index (Phi) is 3.24. The lowest BCUT2D eigenvalue weighted by atomic mass is 9.89. The Balaban J connectivity index is 1.97. The zero-order valence-electron chi connectivity index (χ0n) is 9.95. The fourth-order valence-electron chi connectivity index (χ4n) is 1.85. The molecule has 0 aliphatic heterocycles. The van der Waals surface area contributed by atoms with E-state index in [0.29, 0.717) is 12.1 Å². The van der Waals surface area contributed by atoms with E-state index in [1.807, 2.05) is 20.0 Å². The third kappa shape index (κ3) is 2.41. The van der Waals surface area contributed by atoms with Crippen molar-refractivity contribution in [3.05, 3.63) is 11.9 Å². The Hall–Kier alpha value is -1.36. The Morgan fingerprint density at radius 2 is 2.00 bits per heavy atom. The smallest absolute Gasteiger partial charge is 0.132 e. The molecule has 0 radical (unpaired) electrons. The summed E-state index contributed by atoms with van der Waals surface area (Å²) in [6.45, 7) is 1.89. The molecular formula is C11H18N4O. The van der Waals surface area contributed by atoms with Gasteiger partial charge in [-0.25, -0.2) is 9.97 Å². The van der Waals surface area contributed by atoms with Gasteiger partial charge in [0, 0.05) is 26.3 Å². The first-order valence-electron chi connectivity index (χ1n) is 5.54. The molecule has 1 fully saturated rings. The first-order chi connectivity index (χ1) is 7.71. The maximum Gasteiger partial charge on any atom is 0.132 e. The van der Waals surface area contributed by atoms with Crippen LogP contribution in [0.3, 0.4) is 0 Å². The predicted octanol–water partition coefficient (Wildman–Crippen LogP) is 1.42. The molecule has 1 saturated carbocycles. The van der Waals surface area contributed by atoms with Gasteiger partial charge in [-0.1, -0.05) is 0 Å². The first kappa shape index (κ1) is 11.1. The average Bonchev–Trinajstić information content (AvgIpc) is 2.22. The van der Waals surface area contributed by atoms with Gasteiger partial charge >= 0.3 is 0 Å². The van der Waals surface area contributed by atoms with Crippen LogP contribution < -0.4 is 10.6 Å². The van der Waals surface area contributed by atoms with E-state index in [1.54, 1.807) is 7.11 Å². The van der Waals surface area contributed by atoms with Crippen LogP contribution in [0.2, 0.25) is 0 Å². The second kappa shape index (κ2) is 4.65. The van der Waals surface area contributed by atoms with Crippen LogP contribution in [0.1, 0.15) is 18.7 Å². The van der Waals surface area contributed by atoms with Crippen LogP contribution in [0.5, 0.6) is 0 Å². The number of anilines is 2. The molecule has 0 spiro atoms. The van der Waals surface area contributed by atoms with Crippen molar-refractivity contribution in [3.8, 4) is 0 Å². The standard InChI is InChI=1S/C11H18N4O/c1-7-13-10(12-2)6-11(14-7)15-8-4-9(5-8)16-3/h6,8-9H,4-5H2,1-3H3,(H2,12,13,14,15). The van der Waals surface area contributed by atoms with Crippen LogP contribution in [0, 0.1) is 6.92 Å². The molecule has 0 bridgehead atoms. The quantitative estimate of drug-likeness (QED) is 0.806. The molecule has 0 unspecified atom stereocenters. The summed E-state index contributed by atoms with van der Waals surface area (Å²) in [6.07, 6.45) is 2.51. The summed E-state index contributed by atoms with van der Waals surface area (Å²) in [7, 11) is 3.62. The number of hydrogen-bond donors (Lipinski definition) is 2. The Labute approximate surface area is 95.6 Å². The first-order valence-corrected chi connectivity index (χ1v) is 5.54. The van der Waals surface area contributed by atoms with E-state index in [1.165, 1.54) is 0 Å². The maximum absolute atomic E-state index is 5.24. The normalized spacial score (nSPS) is 23.7. The van der Waals surface area contributed by atoms with Gasteiger partial charge in [-0.2, -0.15) is 0 Å². The molecule has 1 heterocycles. The summed E-state index contributed by atoms with van der Waals surface area (Å²) >= 11 is 0. The van der Waals surface area contributed by atoms with Gasteiger partial charge in [-0.05, 0) is 19.8 Å². The topological polar surface area (TPSA) is 59.1 Å². The molecule has 1 aliphatic rings. The third-order valence-corrected chi connectivity index (χ3v) is 2.87. The van der Waals surface area contributed by atoms with E-state index < -0.39 is 0 Å². The van der Waals surface area contributed by atoms with Gasteiger partial charge in [0.05, 0.1) is 6.10 Å². The molecule has 2 N–H and O–H groups in total. The third-order valence-electron chi connectivity index (χ3n) is 2.87. The molecule has 0 amide bonds. The molecule has 88 valence electrons. The monoisotopic (exact) mass is 222 g/mol. The van der Waals surface area contributed by atoms with E-state index >= 15 is 0 Å². The van der Waals surface area contributed by atoms with Crippen LogP contribution >= 0.6 is 0 Å². The van der Waals surface area contributed by atoms with Crippen molar-refractivity contribution < 1.29 is 4.74 Å². The number of rotatable bonds is 4. The lowest BCUT2D eigenvalue weighted by molar-refractivity contribution is 0.0328. The van der Waals surface area contributed by atoms with E-state index in [4.69, 9.17) is 4.74 Å². The van der Waals surface area contributed by atoms with Gasteiger partial charge in [0.1, 0.15) is 17.5 Å². The lowest BCUT2D eigenvalue weighted by Crippen LogP contribution is -2.40. The van der Waals surface area contributed by atoms with Crippen molar-refractivity contribution in [2.75, 3.05) is 24.8 Å². The Morgan fingerprint density at radius 1 is 1.31 bits per heavy atom. The van der Waals surface area contributed by atoms with E-state index in [0.717, 1.165) is 30.3 Å². The van der Waals surface area contributed by atoms with E-state index in [9.17, 15) is 0 Å². The van der Waals surface area contributed by atoms with Gasteiger partial charge < -0.3 is 15.4 Å². The summed E-state index contributed by atoms with van der Waals surface area (Å²) in [5.74, 6) is 2.51. The summed E-state index contributed by atoms with van der Waals surface area (Å²) in [5, 5.41) is 6.41. The minimum atomic E-state index is 0.407. The molecule has 1 aliphatic carbocycles. The number of ether oxygens (including phenoxy) is 1. The highest BCUT2D eigenvalue weighted by molar-refractivity contribution is 5.47. The largest absolute Gasteiger partial charge is 0.381 e. The van der Waals surface area contributed by atoms with Crippen LogP contribution in [0.15, 0.2) is 6.07 Å². The molecule has 0 saturated heterocycles. The molecular weight excluding hydrogens is 204 g/mol. The number of methoxy groups -OCH3 is 1. The van der Waals surface area contributed by atoms with Gasteiger partial charge in [0.2, 0.25) is 0 Å². The highest BCUT2D eigenvalue weighted by Crippen LogP contribution is 2.26. The number of nitrogens with zero attached hydrogens (tertiary/aromatic N) is 2. The number of nitrogens with one attached hydrogen (secondary N) is 2. The molecule has 2 rings (SSSR count). The molecule has 0 aromatic carbocycles. The van der Waals surface area contributed by atoms with Crippen molar-refractivity contribution in [2.24, 2.45) is 0 Å². The second-order valence-corrected chi connectivity index (χ2v) is 4.11. The number of aromatic nitrogens is 2. The zero-order valence-corrected chi connectivity index (χ0v) is 9.95. The summed E-state index contributed by atoms with van der Waals surface area (Å²) in [6, 6.07) is 2.40. The zero-order chi connectivity index (χ0) is 11.5. The molecule has 5 nitrogen and oxygen atoms in total. The predicted molar refractivity (Wildman–Crippen MR) is 63.8 cm³/mol. The molecule has 1 aromatic rings. The molecule has 16 heavy (non-hydrogen) atoms. The summed E-state index contributed by atoms with van der Waals surface area (Å²) in [4.78, 5) is 8.60. The van der Waals surface area contributed by atoms with Crippen molar-refractivity contribution >= 4 is 11.6 Å². The van der Waals surface area contributed by atoms with Gasteiger partial charge in [0.15, 0.2) is 0 Å². The van der Waals surface area contributed by atoms with Crippen molar-refractivity contribution in [1.82, 2.24) is 9.97 Å². The fraction of sp³-hybridized carbons (Fsp3) is 0.636. The van der Waals surface area contributed by atoms with Crippen molar-refractivity contribution in [3.63, 3.8) is 0 Å². The van der Waals surface area contributed by atoms with Gasteiger partial charge in [-0.15, -0.1) is 0 Å². The van der Waals surface area contributed by atoms with Gasteiger partial charge in [-0.3, -0.25) is 0 Å². The number of aryl methyl sites for hydroxylation is 1. The minimum absolute atomic E-state index is 0.407. The minimum Gasteiger partial charge on any atom is -0.381 e. The SMILES string of the molecule is CNc1cc(NC2CC(OC)C2)nc(C)n1. The van der Waals surface area contributed by atoms with Crippen LogP contribution in [-0.4, -0.2) is 36.3 Å². The van der Waals surface area contributed by atoms with E-state index in [2.05, 4.69) is 20.6 Å². The van der Waals surface area contributed by atoms with Crippen LogP contribution in [-0.2, 0) is 4.74 Å². The van der Waals surface area contributed by atoms with Crippen molar-refractivity contribution in [2.45, 2.75) is 31.9 Å². The Morgan fingerprint density at radius 3 is 2.62 bits per heavy atom.